The number of nitrogens with zero attached hydrogens (tertiary/aromatic N) is 2. The molecule has 0 radical (unpaired) electrons. The number of aromatic nitrogens is 2. The van der Waals surface area contributed by atoms with Crippen molar-refractivity contribution in [3.05, 3.63) is 77.0 Å². The average molecular weight is 303 g/mol. The lowest BCUT2D eigenvalue weighted by Crippen LogP contribution is -2.25. The van der Waals surface area contributed by atoms with Gasteiger partial charge in [0.15, 0.2) is 0 Å². The molecular formula is C16H15ClN2O2. The fraction of sp³-hybridized carbons (Fsp3) is 0.0625. The van der Waals surface area contributed by atoms with Gasteiger partial charge >= 0.3 is 0 Å². The molecule has 0 unspecified atom stereocenters. The molecule has 0 aliphatic rings. The monoisotopic (exact) mass is 302 g/mol. The Labute approximate surface area is 128 Å². The normalized spacial score (nSPS) is 10.3. The second-order valence-corrected chi connectivity index (χ2v) is 4.60. The first-order chi connectivity index (χ1) is 9.92. The van der Waals surface area contributed by atoms with E-state index in [-0.39, 0.29) is 17.7 Å². The third kappa shape index (κ3) is 4.00. The Morgan fingerprint density at radius 1 is 1.33 bits per heavy atom. The molecule has 108 valence electrons. The molecule has 0 aliphatic heterocycles. The van der Waals surface area contributed by atoms with Crippen LogP contribution >= 0.6 is 11.6 Å². The molecule has 0 bridgehead atoms. The van der Waals surface area contributed by atoms with Crippen molar-refractivity contribution in [2.24, 2.45) is 0 Å². The molecule has 0 saturated carbocycles. The topological polar surface area (TPSA) is 52.0 Å². The van der Waals surface area contributed by atoms with Crippen LogP contribution in [0, 0.1) is 0 Å². The summed E-state index contributed by atoms with van der Waals surface area (Å²) in [5.74, 6) is 0. The summed E-state index contributed by atoms with van der Waals surface area (Å²) in [6.07, 6.45) is 6.51. The summed E-state index contributed by atoms with van der Waals surface area (Å²) in [5.41, 5.74) is 1.13. The number of hydrogen-bond acceptors (Lipinski definition) is 3. The summed E-state index contributed by atoms with van der Waals surface area (Å²) >= 11 is 5.64. The van der Waals surface area contributed by atoms with E-state index in [0.29, 0.717) is 28.2 Å². The fourth-order valence-corrected chi connectivity index (χ4v) is 1.67. The van der Waals surface area contributed by atoms with Crippen LogP contribution in [0.25, 0.3) is 11.6 Å². The molecule has 0 atom stereocenters. The number of halogens is 1. The zero-order valence-corrected chi connectivity index (χ0v) is 12.3. The summed E-state index contributed by atoms with van der Waals surface area (Å²) in [4.78, 5) is 27.1. The summed E-state index contributed by atoms with van der Waals surface area (Å²) in [5, 5.41) is 0.331. The van der Waals surface area contributed by atoms with Crippen LogP contribution in [0.1, 0.15) is 11.3 Å². The maximum Gasteiger partial charge on any atom is 0.262 e. The largest absolute Gasteiger partial charge is 0.301 e. The lowest BCUT2D eigenvalue weighted by atomic mass is 9.99. The minimum absolute atomic E-state index is 0.0790. The first kappa shape index (κ1) is 16.6. The molecule has 4 nitrogen and oxygen atoms in total. The van der Waals surface area contributed by atoms with Crippen molar-refractivity contribution < 1.29 is 4.79 Å². The molecule has 1 aromatic rings. The van der Waals surface area contributed by atoms with Crippen LogP contribution in [0.4, 0.5) is 0 Å². The van der Waals surface area contributed by atoms with E-state index in [2.05, 4.69) is 31.3 Å². The van der Waals surface area contributed by atoms with Crippen LogP contribution in [0.3, 0.4) is 0 Å². The van der Waals surface area contributed by atoms with Crippen LogP contribution in [-0.2, 0) is 11.3 Å². The van der Waals surface area contributed by atoms with Gasteiger partial charge in [0.25, 0.3) is 5.56 Å². The van der Waals surface area contributed by atoms with E-state index < -0.39 is 0 Å². The summed E-state index contributed by atoms with van der Waals surface area (Å²) in [6, 6.07) is 0. The molecule has 1 aromatic heterocycles. The van der Waals surface area contributed by atoms with Gasteiger partial charge in [0, 0.05) is 5.03 Å². The molecule has 1 heterocycles. The standard InChI is InChI=1S/C16H15ClN2O2/c1-5-14-15(13(4)11(2)6-7-12(3)17)16(21)19(8-9-20)10-18-14/h5-7,9-10H,1-4,8H2/b7-6-. The van der Waals surface area contributed by atoms with E-state index in [0.717, 1.165) is 0 Å². The Morgan fingerprint density at radius 2 is 2.00 bits per heavy atom. The predicted octanol–water partition coefficient (Wildman–Crippen LogP) is 2.96. The van der Waals surface area contributed by atoms with Crippen LogP contribution in [0.15, 0.2) is 60.2 Å². The molecule has 1 rings (SSSR count). The molecule has 0 amide bonds. The molecule has 0 aromatic carbocycles. The molecule has 21 heavy (non-hydrogen) atoms. The minimum Gasteiger partial charge on any atom is -0.301 e. The zero-order valence-electron chi connectivity index (χ0n) is 11.5. The highest BCUT2D eigenvalue weighted by Crippen LogP contribution is 2.21. The van der Waals surface area contributed by atoms with Gasteiger partial charge in [-0.05, 0) is 23.3 Å². The van der Waals surface area contributed by atoms with Crippen molar-refractivity contribution in [3.8, 4) is 0 Å². The third-order valence-electron chi connectivity index (χ3n) is 2.69. The number of hydrogen-bond donors (Lipinski definition) is 0. The van der Waals surface area contributed by atoms with Crippen molar-refractivity contribution in [1.82, 2.24) is 9.55 Å². The highest BCUT2D eigenvalue weighted by Gasteiger charge is 2.14. The highest BCUT2D eigenvalue weighted by molar-refractivity contribution is 6.30. The number of rotatable bonds is 7. The Hall–Kier alpha value is -2.46. The van der Waals surface area contributed by atoms with Crippen molar-refractivity contribution in [2.45, 2.75) is 6.54 Å². The van der Waals surface area contributed by atoms with Crippen LogP contribution < -0.4 is 5.56 Å². The molecule has 0 N–H and O–H groups in total. The smallest absolute Gasteiger partial charge is 0.262 e. The van der Waals surface area contributed by atoms with Gasteiger partial charge in [-0.2, -0.15) is 0 Å². The van der Waals surface area contributed by atoms with E-state index in [1.54, 1.807) is 12.2 Å². The quantitative estimate of drug-likeness (QED) is 0.575. The first-order valence-corrected chi connectivity index (χ1v) is 6.36. The van der Waals surface area contributed by atoms with Gasteiger partial charge in [-0.25, -0.2) is 4.98 Å². The summed E-state index contributed by atoms with van der Waals surface area (Å²) < 4.78 is 1.19. The number of carbonyl (C=O) groups excluding carboxylic acids is 1. The second kappa shape index (κ2) is 7.36. The molecular weight excluding hydrogens is 288 g/mol. The third-order valence-corrected chi connectivity index (χ3v) is 2.81. The Balaban J connectivity index is 3.36. The molecule has 0 spiro atoms. The van der Waals surface area contributed by atoms with Crippen molar-refractivity contribution in [2.75, 3.05) is 0 Å². The molecule has 5 heteroatoms. The fourth-order valence-electron chi connectivity index (χ4n) is 1.60. The van der Waals surface area contributed by atoms with Gasteiger partial charge in [-0.15, -0.1) is 0 Å². The first-order valence-electron chi connectivity index (χ1n) is 5.99. The zero-order chi connectivity index (χ0) is 16.0. The van der Waals surface area contributed by atoms with Crippen molar-refractivity contribution >= 4 is 29.5 Å². The van der Waals surface area contributed by atoms with E-state index in [4.69, 9.17) is 11.6 Å². The van der Waals surface area contributed by atoms with Crippen molar-refractivity contribution in [1.29, 1.82) is 0 Å². The summed E-state index contributed by atoms with van der Waals surface area (Å²) in [7, 11) is 0. The highest BCUT2D eigenvalue weighted by atomic mass is 35.5. The average Bonchev–Trinajstić information content (AvgIpc) is 2.46. The van der Waals surface area contributed by atoms with E-state index in [1.807, 2.05) is 0 Å². The van der Waals surface area contributed by atoms with Gasteiger partial charge in [0.2, 0.25) is 0 Å². The maximum atomic E-state index is 12.4. The van der Waals surface area contributed by atoms with Crippen LogP contribution in [0.5, 0.6) is 0 Å². The van der Waals surface area contributed by atoms with Gasteiger partial charge in [0.05, 0.1) is 24.1 Å². The Kier molecular flexibility index (Phi) is 5.81. The molecule has 0 fully saturated rings. The maximum absolute atomic E-state index is 12.4. The van der Waals surface area contributed by atoms with Gasteiger partial charge in [-0.1, -0.05) is 44.0 Å². The van der Waals surface area contributed by atoms with Gasteiger partial charge < -0.3 is 4.79 Å². The lowest BCUT2D eigenvalue weighted by Gasteiger charge is -2.10. The van der Waals surface area contributed by atoms with Gasteiger partial charge in [0.1, 0.15) is 6.29 Å². The number of allylic oxidation sites excluding steroid dienone is 5. The molecule has 0 aliphatic carbocycles. The predicted molar refractivity (Wildman–Crippen MR) is 87.0 cm³/mol. The van der Waals surface area contributed by atoms with Gasteiger partial charge in [-0.3, -0.25) is 9.36 Å². The SMILES string of the molecule is C=Cc1ncn(CC=O)c(=O)c1C(=C)C(=C)/C=C\C(=C)Cl. The number of aldehydes is 1. The minimum atomic E-state index is -0.378. The van der Waals surface area contributed by atoms with E-state index >= 15 is 0 Å². The van der Waals surface area contributed by atoms with Crippen LogP contribution in [0.2, 0.25) is 0 Å². The number of carbonyl (C=O) groups is 1. The lowest BCUT2D eigenvalue weighted by molar-refractivity contribution is -0.108. The molecule has 0 saturated heterocycles. The second-order valence-electron chi connectivity index (χ2n) is 4.12. The Morgan fingerprint density at radius 3 is 2.52 bits per heavy atom. The Bertz CT molecular complexity index is 711. The van der Waals surface area contributed by atoms with E-state index in [9.17, 15) is 9.59 Å². The van der Waals surface area contributed by atoms with E-state index in [1.165, 1.54) is 17.0 Å². The van der Waals surface area contributed by atoms with Crippen molar-refractivity contribution in [3.63, 3.8) is 0 Å². The summed E-state index contributed by atoms with van der Waals surface area (Å²) in [6.45, 7) is 14.8. The van der Waals surface area contributed by atoms with Crippen LogP contribution in [-0.4, -0.2) is 15.8 Å².